The van der Waals surface area contributed by atoms with Crippen molar-refractivity contribution in [3.05, 3.63) is 0 Å². The van der Waals surface area contributed by atoms with Crippen LogP contribution in [-0.2, 0) is 14.3 Å². The molecule has 1 aliphatic rings. The Bertz CT molecular complexity index is 186. The lowest BCUT2D eigenvalue weighted by molar-refractivity contribution is -0.140. The molecule has 0 aromatic rings. The molecule has 0 heterocycles. The highest BCUT2D eigenvalue weighted by molar-refractivity contribution is 5.76. The molecule has 0 bridgehead atoms. The number of rotatable bonds is 8. The molecule has 0 aliphatic heterocycles. The van der Waals surface area contributed by atoms with E-state index in [1.165, 1.54) is 12.8 Å². The highest BCUT2D eigenvalue weighted by Crippen LogP contribution is 2.31. The van der Waals surface area contributed by atoms with E-state index in [1.807, 2.05) is 13.8 Å². The second-order valence-corrected chi connectivity index (χ2v) is 3.79. The van der Waals surface area contributed by atoms with Crippen LogP contribution in [0, 0.1) is 5.92 Å². The first-order valence-corrected chi connectivity index (χ1v) is 5.76. The van der Waals surface area contributed by atoms with Crippen molar-refractivity contribution in [3.8, 4) is 0 Å². The predicted molar refractivity (Wildman–Crippen MR) is 57.4 cm³/mol. The van der Waals surface area contributed by atoms with Crippen LogP contribution < -0.4 is 5.32 Å². The molecule has 0 unspecified atom stereocenters. The molecule has 0 aromatic carbocycles. The van der Waals surface area contributed by atoms with Gasteiger partial charge in [-0.15, -0.1) is 0 Å². The maximum Gasteiger partial charge on any atom is 0.220 e. The summed E-state index contributed by atoms with van der Waals surface area (Å²) in [6, 6.07) is 0. The summed E-state index contributed by atoms with van der Waals surface area (Å²) in [7, 11) is 0. The van der Waals surface area contributed by atoms with E-state index in [1.54, 1.807) is 0 Å². The number of amides is 1. The number of carbonyl (C=O) groups excluding carboxylic acids is 1. The zero-order chi connectivity index (χ0) is 11.1. The standard InChI is InChI=1S/C11H21NO3/c1-3-14-11(15-4-2)8-12-10(13)7-9-5-6-9/h9,11H,3-8H2,1-2H3,(H,12,13). The molecule has 0 aromatic heterocycles. The smallest absolute Gasteiger partial charge is 0.220 e. The van der Waals surface area contributed by atoms with Gasteiger partial charge in [0.15, 0.2) is 6.29 Å². The van der Waals surface area contributed by atoms with E-state index in [4.69, 9.17) is 9.47 Å². The van der Waals surface area contributed by atoms with Gasteiger partial charge in [0.1, 0.15) is 0 Å². The monoisotopic (exact) mass is 215 g/mol. The van der Waals surface area contributed by atoms with Crippen molar-refractivity contribution in [2.24, 2.45) is 5.92 Å². The first-order chi connectivity index (χ1) is 7.26. The van der Waals surface area contributed by atoms with Crippen LogP contribution in [0.2, 0.25) is 0 Å². The van der Waals surface area contributed by atoms with Gasteiger partial charge in [0.05, 0.1) is 6.54 Å². The second-order valence-electron chi connectivity index (χ2n) is 3.79. The molecule has 15 heavy (non-hydrogen) atoms. The summed E-state index contributed by atoms with van der Waals surface area (Å²) in [6.07, 6.45) is 2.76. The van der Waals surface area contributed by atoms with Crippen molar-refractivity contribution < 1.29 is 14.3 Å². The molecule has 88 valence electrons. The van der Waals surface area contributed by atoms with Crippen molar-refractivity contribution in [2.75, 3.05) is 19.8 Å². The Kier molecular flexibility index (Phi) is 5.65. The Hall–Kier alpha value is -0.610. The molecular formula is C11H21NO3. The van der Waals surface area contributed by atoms with Crippen LogP contribution in [0.1, 0.15) is 33.1 Å². The summed E-state index contributed by atoms with van der Waals surface area (Å²) < 4.78 is 10.6. The maximum absolute atomic E-state index is 11.4. The Morgan fingerprint density at radius 2 is 1.93 bits per heavy atom. The van der Waals surface area contributed by atoms with Crippen LogP contribution in [0.3, 0.4) is 0 Å². The minimum absolute atomic E-state index is 0.113. The fourth-order valence-electron chi connectivity index (χ4n) is 1.39. The minimum Gasteiger partial charge on any atom is -0.351 e. The van der Waals surface area contributed by atoms with Gasteiger partial charge in [0, 0.05) is 19.6 Å². The predicted octanol–water partition coefficient (Wildman–Crippen LogP) is 1.30. The quantitative estimate of drug-likeness (QED) is 0.621. The first-order valence-electron chi connectivity index (χ1n) is 5.76. The Balaban J connectivity index is 2.10. The van der Waals surface area contributed by atoms with Crippen LogP contribution in [0.5, 0.6) is 0 Å². The number of hydrogen-bond donors (Lipinski definition) is 1. The topological polar surface area (TPSA) is 47.6 Å². The molecule has 1 amide bonds. The number of hydrogen-bond acceptors (Lipinski definition) is 3. The van der Waals surface area contributed by atoms with Gasteiger partial charge in [-0.1, -0.05) is 0 Å². The summed E-state index contributed by atoms with van der Waals surface area (Å²) in [6.45, 7) is 5.48. The van der Waals surface area contributed by atoms with E-state index in [0.29, 0.717) is 32.1 Å². The van der Waals surface area contributed by atoms with E-state index in [0.717, 1.165) is 0 Å². The van der Waals surface area contributed by atoms with Gasteiger partial charge in [-0.05, 0) is 32.6 Å². The fourth-order valence-corrected chi connectivity index (χ4v) is 1.39. The molecule has 4 heteroatoms. The molecule has 0 spiro atoms. The van der Waals surface area contributed by atoms with E-state index in [9.17, 15) is 4.79 Å². The average molecular weight is 215 g/mol. The van der Waals surface area contributed by atoms with Crippen LogP contribution >= 0.6 is 0 Å². The third-order valence-corrected chi connectivity index (χ3v) is 2.34. The van der Waals surface area contributed by atoms with Crippen molar-refractivity contribution in [1.82, 2.24) is 5.32 Å². The van der Waals surface area contributed by atoms with E-state index in [2.05, 4.69) is 5.32 Å². The van der Waals surface area contributed by atoms with Gasteiger partial charge < -0.3 is 14.8 Å². The van der Waals surface area contributed by atoms with E-state index >= 15 is 0 Å². The summed E-state index contributed by atoms with van der Waals surface area (Å²) in [5, 5.41) is 2.83. The van der Waals surface area contributed by atoms with Crippen LogP contribution in [0.15, 0.2) is 0 Å². The highest BCUT2D eigenvalue weighted by Gasteiger charge is 2.24. The first kappa shape index (κ1) is 12.5. The second kappa shape index (κ2) is 6.80. The molecule has 1 saturated carbocycles. The zero-order valence-corrected chi connectivity index (χ0v) is 9.62. The third kappa shape index (κ3) is 5.74. The molecule has 0 radical (unpaired) electrons. The molecule has 1 fully saturated rings. The van der Waals surface area contributed by atoms with E-state index < -0.39 is 0 Å². The normalized spacial score (nSPS) is 15.7. The average Bonchev–Trinajstić information content (AvgIpc) is 2.99. The third-order valence-electron chi connectivity index (χ3n) is 2.34. The van der Waals surface area contributed by atoms with Crippen molar-refractivity contribution in [1.29, 1.82) is 0 Å². The van der Waals surface area contributed by atoms with Crippen molar-refractivity contribution in [3.63, 3.8) is 0 Å². The van der Waals surface area contributed by atoms with Gasteiger partial charge >= 0.3 is 0 Å². The summed E-state index contributed by atoms with van der Waals surface area (Å²) in [4.78, 5) is 11.4. The lowest BCUT2D eigenvalue weighted by Crippen LogP contribution is -2.35. The lowest BCUT2D eigenvalue weighted by atomic mass is 10.3. The lowest BCUT2D eigenvalue weighted by Gasteiger charge is -2.17. The Morgan fingerprint density at radius 3 is 2.40 bits per heavy atom. The number of nitrogens with one attached hydrogen (secondary N) is 1. The fraction of sp³-hybridized carbons (Fsp3) is 0.909. The number of ether oxygens (including phenoxy) is 2. The summed E-state index contributed by atoms with van der Waals surface area (Å²) in [5.41, 5.74) is 0. The van der Waals surface area contributed by atoms with Crippen LogP contribution in [0.25, 0.3) is 0 Å². The van der Waals surface area contributed by atoms with Gasteiger partial charge in [-0.3, -0.25) is 4.79 Å². The molecule has 1 aliphatic carbocycles. The minimum atomic E-state index is -0.303. The zero-order valence-electron chi connectivity index (χ0n) is 9.62. The van der Waals surface area contributed by atoms with Crippen LogP contribution in [0.4, 0.5) is 0 Å². The molecular weight excluding hydrogens is 194 g/mol. The Morgan fingerprint density at radius 1 is 1.33 bits per heavy atom. The molecule has 1 rings (SSSR count). The van der Waals surface area contributed by atoms with E-state index in [-0.39, 0.29) is 12.2 Å². The van der Waals surface area contributed by atoms with Crippen LogP contribution in [-0.4, -0.2) is 32.0 Å². The van der Waals surface area contributed by atoms with Gasteiger partial charge in [-0.2, -0.15) is 0 Å². The largest absolute Gasteiger partial charge is 0.351 e. The number of carbonyl (C=O) groups is 1. The summed E-state index contributed by atoms with van der Waals surface area (Å²) in [5.74, 6) is 0.740. The van der Waals surface area contributed by atoms with Gasteiger partial charge in [-0.25, -0.2) is 0 Å². The molecule has 1 N–H and O–H groups in total. The van der Waals surface area contributed by atoms with Gasteiger partial charge in [0.2, 0.25) is 5.91 Å². The van der Waals surface area contributed by atoms with Crippen molar-refractivity contribution >= 4 is 5.91 Å². The van der Waals surface area contributed by atoms with Gasteiger partial charge in [0.25, 0.3) is 0 Å². The molecule has 0 atom stereocenters. The summed E-state index contributed by atoms with van der Waals surface area (Å²) >= 11 is 0. The maximum atomic E-state index is 11.4. The molecule has 0 saturated heterocycles. The van der Waals surface area contributed by atoms with Crippen molar-refractivity contribution in [2.45, 2.75) is 39.4 Å². The SMILES string of the molecule is CCOC(CNC(=O)CC1CC1)OCC. The highest BCUT2D eigenvalue weighted by atomic mass is 16.7. The Labute approximate surface area is 91.3 Å². The molecule has 4 nitrogen and oxygen atoms in total.